The summed E-state index contributed by atoms with van der Waals surface area (Å²) in [5.74, 6) is 0.714. The minimum absolute atomic E-state index is 0.156. The van der Waals surface area contributed by atoms with Crippen molar-refractivity contribution in [2.75, 3.05) is 37.7 Å². The maximum atomic E-state index is 13.9. The molecule has 0 radical (unpaired) electrons. The lowest BCUT2D eigenvalue weighted by Crippen LogP contribution is -2.46. The predicted molar refractivity (Wildman–Crippen MR) is 90.7 cm³/mol. The van der Waals surface area contributed by atoms with E-state index in [9.17, 15) is 4.39 Å². The molecular weight excluding hydrogens is 323 g/mol. The zero-order chi connectivity index (χ0) is 17.1. The largest absolute Gasteiger partial charge is 0.376 e. The van der Waals surface area contributed by atoms with Gasteiger partial charge in [-0.25, -0.2) is 9.07 Å². The Morgan fingerprint density at radius 3 is 2.76 bits per heavy atom. The first-order valence-electron chi connectivity index (χ1n) is 8.88. The summed E-state index contributed by atoms with van der Waals surface area (Å²) < 4.78 is 21.5. The molecule has 2 saturated heterocycles. The number of benzene rings is 1. The number of anilines is 1. The van der Waals surface area contributed by atoms with E-state index in [4.69, 9.17) is 4.74 Å². The average Bonchev–Trinajstić information content (AvgIpc) is 3.29. The second-order valence-electron chi connectivity index (χ2n) is 6.63. The number of rotatable bonds is 5. The second kappa shape index (κ2) is 7.45. The van der Waals surface area contributed by atoms with Gasteiger partial charge in [-0.05, 0) is 35.4 Å². The molecule has 0 saturated carbocycles. The Balaban J connectivity index is 1.33. The summed E-state index contributed by atoms with van der Waals surface area (Å²) in [6.45, 7) is 5.59. The Morgan fingerprint density at radius 1 is 1.16 bits per heavy atom. The number of para-hydroxylation sites is 1. The van der Waals surface area contributed by atoms with Crippen molar-refractivity contribution < 1.29 is 9.13 Å². The molecule has 3 heterocycles. The Labute approximate surface area is 146 Å². The number of nitrogens with zero attached hydrogens (tertiary/aromatic N) is 6. The lowest BCUT2D eigenvalue weighted by molar-refractivity contribution is 0.0916. The van der Waals surface area contributed by atoms with Crippen LogP contribution in [0.15, 0.2) is 24.3 Å². The van der Waals surface area contributed by atoms with E-state index >= 15 is 0 Å². The molecule has 7 nitrogen and oxygen atoms in total. The normalized spacial score (nSPS) is 21.8. The van der Waals surface area contributed by atoms with Gasteiger partial charge >= 0.3 is 0 Å². The van der Waals surface area contributed by atoms with Gasteiger partial charge in [-0.15, -0.1) is 5.10 Å². The van der Waals surface area contributed by atoms with Gasteiger partial charge in [0.25, 0.3) is 0 Å². The van der Waals surface area contributed by atoms with E-state index in [0.717, 1.165) is 58.0 Å². The average molecular weight is 346 g/mol. The second-order valence-corrected chi connectivity index (χ2v) is 6.63. The molecule has 134 valence electrons. The minimum atomic E-state index is -0.156. The molecule has 2 aliphatic rings. The van der Waals surface area contributed by atoms with E-state index in [-0.39, 0.29) is 11.9 Å². The monoisotopic (exact) mass is 346 g/mol. The Morgan fingerprint density at radius 2 is 2.00 bits per heavy atom. The van der Waals surface area contributed by atoms with Gasteiger partial charge in [-0.3, -0.25) is 4.90 Å². The Kier molecular flexibility index (Phi) is 4.89. The van der Waals surface area contributed by atoms with Crippen LogP contribution in [-0.2, 0) is 17.8 Å². The molecule has 0 unspecified atom stereocenters. The number of halogens is 1. The minimum Gasteiger partial charge on any atom is -0.376 e. The van der Waals surface area contributed by atoms with Crippen LogP contribution >= 0.6 is 0 Å². The predicted octanol–water partition coefficient (Wildman–Crippen LogP) is 1.31. The first-order valence-corrected chi connectivity index (χ1v) is 8.88. The van der Waals surface area contributed by atoms with E-state index in [2.05, 4.69) is 25.3 Å². The lowest BCUT2D eigenvalue weighted by atomic mass is 10.2. The summed E-state index contributed by atoms with van der Waals surface area (Å²) in [5.41, 5.74) is 0.686. The van der Waals surface area contributed by atoms with Crippen LogP contribution in [0.1, 0.15) is 18.7 Å². The van der Waals surface area contributed by atoms with Crippen molar-refractivity contribution in [3.63, 3.8) is 0 Å². The molecule has 0 amide bonds. The number of ether oxygens (including phenoxy) is 1. The molecular formula is C17H23FN6O. The third-order valence-electron chi connectivity index (χ3n) is 4.94. The lowest BCUT2D eigenvalue weighted by Gasteiger charge is -2.35. The first-order chi connectivity index (χ1) is 12.3. The van der Waals surface area contributed by atoms with Gasteiger partial charge in [-0.2, -0.15) is 0 Å². The van der Waals surface area contributed by atoms with Crippen molar-refractivity contribution in [3.8, 4) is 0 Å². The van der Waals surface area contributed by atoms with Gasteiger partial charge < -0.3 is 9.64 Å². The molecule has 0 aliphatic carbocycles. The van der Waals surface area contributed by atoms with Gasteiger partial charge in [0, 0.05) is 32.8 Å². The van der Waals surface area contributed by atoms with Crippen molar-refractivity contribution in [2.45, 2.75) is 32.0 Å². The number of piperazine rings is 1. The Bertz CT molecular complexity index is 694. The zero-order valence-electron chi connectivity index (χ0n) is 14.2. The van der Waals surface area contributed by atoms with Crippen LogP contribution in [0.3, 0.4) is 0 Å². The fourth-order valence-electron chi connectivity index (χ4n) is 3.51. The van der Waals surface area contributed by atoms with Crippen LogP contribution in [0.5, 0.6) is 0 Å². The summed E-state index contributed by atoms with van der Waals surface area (Å²) >= 11 is 0. The maximum absolute atomic E-state index is 13.9. The highest BCUT2D eigenvalue weighted by Gasteiger charge is 2.23. The third-order valence-corrected chi connectivity index (χ3v) is 4.94. The molecule has 4 rings (SSSR count). The van der Waals surface area contributed by atoms with Gasteiger partial charge in [0.1, 0.15) is 5.82 Å². The molecule has 1 atom stereocenters. The molecule has 2 aliphatic heterocycles. The van der Waals surface area contributed by atoms with E-state index in [1.54, 1.807) is 6.07 Å². The van der Waals surface area contributed by atoms with Crippen LogP contribution < -0.4 is 4.90 Å². The molecule has 2 fully saturated rings. The van der Waals surface area contributed by atoms with E-state index in [0.29, 0.717) is 12.2 Å². The fourth-order valence-corrected chi connectivity index (χ4v) is 3.51. The quantitative estimate of drug-likeness (QED) is 0.814. The van der Waals surface area contributed by atoms with Crippen molar-refractivity contribution in [3.05, 3.63) is 35.9 Å². The standard InChI is InChI=1S/C17H23FN6O/c18-15-5-1-2-6-16(15)23-9-7-22(8-10-23)13-17-19-20-21-24(17)12-14-4-3-11-25-14/h1-2,5-6,14H,3-4,7-13H2/t14-/m1/s1. The summed E-state index contributed by atoms with van der Waals surface area (Å²) in [6.07, 6.45) is 2.40. The maximum Gasteiger partial charge on any atom is 0.165 e. The van der Waals surface area contributed by atoms with E-state index in [1.807, 2.05) is 16.8 Å². The molecule has 2 aromatic rings. The van der Waals surface area contributed by atoms with E-state index < -0.39 is 0 Å². The molecule has 25 heavy (non-hydrogen) atoms. The number of aromatic nitrogens is 4. The summed E-state index contributed by atoms with van der Waals surface area (Å²) in [4.78, 5) is 4.41. The summed E-state index contributed by atoms with van der Waals surface area (Å²) in [6, 6.07) is 6.96. The molecule has 8 heteroatoms. The molecule has 0 bridgehead atoms. The van der Waals surface area contributed by atoms with Crippen LogP contribution in [0.4, 0.5) is 10.1 Å². The number of tetrazole rings is 1. The van der Waals surface area contributed by atoms with Gasteiger partial charge in [-0.1, -0.05) is 12.1 Å². The highest BCUT2D eigenvalue weighted by atomic mass is 19.1. The van der Waals surface area contributed by atoms with Gasteiger partial charge in [0.05, 0.1) is 24.9 Å². The fraction of sp³-hybridized carbons (Fsp3) is 0.588. The van der Waals surface area contributed by atoms with Crippen LogP contribution in [0.25, 0.3) is 0 Å². The number of hydrogen-bond donors (Lipinski definition) is 0. The SMILES string of the molecule is Fc1ccccc1N1CCN(Cc2nnnn2C[C@H]2CCCO2)CC1. The summed E-state index contributed by atoms with van der Waals surface area (Å²) in [7, 11) is 0. The highest BCUT2D eigenvalue weighted by molar-refractivity contribution is 5.47. The molecule has 0 N–H and O–H groups in total. The molecule has 0 spiro atoms. The topological polar surface area (TPSA) is 59.3 Å². The smallest absolute Gasteiger partial charge is 0.165 e. The Hall–Kier alpha value is -2.06. The van der Waals surface area contributed by atoms with Gasteiger partial charge in [0.2, 0.25) is 0 Å². The van der Waals surface area contributed by atoms with Crippen molar-refractivity contribution in [1.29, 1.82) is 0 Å². The van der Waals surface area contributed by atoms with Crippen LogP contribution in [-0.4, -0.2) is 64.0 Å². The van der Waals surface area contributed by atoms with Crippen LogP contribution in [0, 0.1) is 5.82 Å². The zero-order valence-corrected chi connectivity index (χ0v) is 14.2. The molecule has 1 aromatic carbocycles. The van der Waals surface area contributed by atoms with E-state index in [1.165, 1.54) is 6.07 Å². The molecule has 1 aromatic heterocycles. The first kappa shape index (κ1) is 16.4. The number of hydrogen-bond acceptors (Lipinski definition) is 6. The van der Waals surface area contributed by atoms with Crippen molar-refractivity contribution >= 4 is 5.69 Å². The van der Waals surface area contributed by atoms with Crippen molar-refractivity contribution in [2.24, 2.45) is 0 Å². The van der Waals surface area contributed by atoms with Crippen LogP contribution in [0.2, 0.25) is 0 Å². The third kappa shape index (κ3) is 3.80. The summed E-state index contributed by atoms with van der Waals surface area (Å²) in [5, 5.41) is 12.1. The van der Waals surface area contributed by atoms with Crippen molar-refractivity contribution in [1.82, 2.24) is 25.1 Å². The van der Waals surface area contributed by atoms with Gasteiger partial charge in [0.15, 0.2) is 5.82 Å². The highest BCUT2D eigenvalue weighted by Crippen LogP contribution is 2.20.